The fraction of sp³-hybridized carbons (Fsp3) is 0.458. The number of aromatic nitrogens is 1. The summed E-state index contributed by atoms with van der Waals surface area (Å²) in [5.74, 6) is -1.02. The molecule has 0 radical (unpaired) electrons. The van der Waals surface area contributed by atoms with Crippen molar-refractivity contribution in [2.24, 2.45) is 11.8 Å². The number of carbonyl (C=O) groups excluding carboxylic acids is 1. The summed E-state index contributed by atoms with van der Waals surface area (Å²) in [4.78, 5) is 27.9. The van der Waals surface area contributed by atoms with Crippen LogP contribution in [0.2, 0.25) is 0 Å². The number of benzene rings is 1. The lowest BCUT2D eigenvalue weighted by molar-refractivity contribution is -0.192. The van der Waals surface area contributed by atoms with Crippen LogP contribution in [0.4, 0.5) is 13.2 Å². The van der Waals surface area contributed by atoms with Crippen molar-refractivity contribution in [1.29, 1.82) is 0 Å². The summed E-state index contributed by atoms with van der Waals surface area (Å²) in [5, 5.41) is 7.12. The molecule has 1 N–H and O–H groups in total. The van der Waals surface area contributed by atoms with Crippen LogP contribution in [-0.4, -0.2) is 52.2 Å². The van der Waals surface area contributed by atoms with Crippen molar-refractivity contribution in [2.45, 2.75) is 44.4 Å². The molecule has 1 saturated carbocycles. The first-order chi connectivity index (χ1) is 15.7. The van der Waals surface area contributed by atoms with Crippen molar-refractivity contribution in [3.05, 3.63) is 60.4 Å². The minimum Gasteiger partial charge on any atom is -0.488 e. The number of ether oxygens (including phenoxy) is 1. The number of carbonyl (C=O) groups is 2. The Kier molecular flexibility index (Phi) is 8.30. The fourth-order valence-corrected chi connectivity index (χ4v) is 3.98. The first-order valence-corrected chi connectivity index (χ1v) is 10.9. The molecule has 2 aliphatic rings. The molecule has 33 heavy (non-hydrogen) atoms. The number of carboxylic acids is 1. The minimum atomic E-state index is -5.08. The van der Waals surface area contributed by atoms with Crippen LogP contribution >= 0.6 is 0 Å². The number of hydrogen-bond acceptors (Lipinski definition) is 4. The van der Waals surface area contributed by atoms with E-state index in [9.17, 15) is 18.0 Å². The molecule has 2 atom stereocenters. The zero-order valence-corrected chi connectivity index (χ0v) is 18.1. The second-order valence-corrected chi connectivity index (χ2v) is 8.30. The van der Waals surface area contributed by atoms with Gasteiger partial charge in [0.25, 0.3) is 0 Å². The number of carboxylic acid groups (broad SMARTS) is 1. The first kappa shape index (κ1) is 24.5. The Morgan fingerprint density at radius 3 is 2.33 bits per heavy atom. The monoisotopic (exact) mass is 464 g/mol. The van der Waals surface area contributed by atoms with Gasteiger partial charge in [-0.2, -0.15) is 13.2 Å². The lowest BCUT2D eigenvalue weighted by Crippen LogP contribution is -2.51. The molecule has 0 spiro atoms. The number of rotatable bonds is 5. The van der Waals surface area contributed by atoms with Crippen LogP contribution < -0.4 is 4.74 Å². The number of pyridine rings is 1. The Hall–Kier alpha value is -3.10. The summed E-state index contributed by atoms with van der Waals surface area (Å²) < 4.78 is 38.0. The van der Waals surface area contributed by atoms with Crippen LogP contribution in [-0.2, 0) is 16.0 Å². The maximum atomic E-state index is 12.7. The van der Waals surface area contributed by atoms with E-state index in [2.05, 4.69) is 34.1 Å². The maximum Gasteiger partial charge on any atom is 0.490 e. The van der Waals surface area contributed by atoms with Gasteiger partial charge in [-0.15, -0.1) is 0 Å². The molecule has 1 aliphatic heterocycles. The predicted molar refractivity (Wildman–Crippen MR) is 115 cm³/mol. The highest BCUT2D eigenvalue weighted by atomic mass is 19.4. The molecule has 4 rings (SSSR count). The van der Waals surface area contributed by atoms with E-state index in [-0.39, 0.29) is 12.0 Å². The zero-order chi connectivity index (χ0) is 23.8. The van der Waals surface area contributed by atoms with E-state index in [4.69, 9.17) is 14.6 Å². The second-order valence-electron chi connectivity index (χ2n) is 8.30. The van der Waals surface area contributed by atoms with Gasteiger partial charge >= 0.3 is 12.1 Å². The smallest absolute Gasteiger partial charge is 0.488 e. The van der Waals surface area contributed by atoms with Gasteiger partial charge in [-0.1, -0.05) is 36.8 Å². The van der Waals surface area contributed by atoms with Gasteiger partial charge in [0.2, 0.25) is 5.91 Å². The van der Waals surface area contributed by atoms with Crippen molar-refractivity contribution >= 4 is 11.9 Å². The van der Waals surface area contributed by atoms with Crippen LogP contribution in [0.25, 0.3) is 0 Å². The van der Waals surface area contributed by atoms with Crippen molar-refractivity contribution in [3.63, 3.8) is 0 Å². The Morgan fingerprint density at radius 2 is 1.79 bits per heavy atom. The largest absolute Gasteiger partial charge is 0.490 e. The molecule has 6 nitrogen and oxygen atoms in total. The van der Waals surface area contributed by atoms with Crippen molar-refractivity contribution in [2.75, 3.05) is 13.1 Å². The second kappa shape index (κ2) is 11.2. The number of nitrogens with zero attached hydrogens (tertiary/aromatic N) is 2. The highest BCUT2D eigenvalue weighted by Crippen LogP contribution is 2.32. The summed E-state index contributed by atoms with van der Waals surface area (Å²) in [7, 11) is 0. The van der Waals surface area contributed by atoms with Crippen molar-refractivity contribution in [1.82, 2.24) is 9.88 Å². The van der Waals surface area contributed by atoms with Gasteiger partial charge in [-0.05, 0) is 37.0 Å². The highest BCUT2D eigenvalue weighted by molar-refractivity contribution is 5.79. The Labute approximate surface area is 190 Å². The number of amides is 1. The lowest BCUT2D eigenvalue weighted by Gasteiger charge is -2.41. The number of piperidine rings is 1. The normalized spacial score (nSPS) is 20.8. The molecule has 0 unspecified atom stereocenters. The van der Waals surface area contributed by atoms with E-state index in [0.29, 0.717) is 11.8 Å². The average Bonchev–Trinajstić information content (AvgIpc) is 2.75. The minimum absolute atomic E-state index is 0.116. The Bertz CT molecular complexity index is 905. The van der Waals surface area contributed by atoms with Crippen LogP contribution in [0.15, 0.2) is 54.9 Å². The van der Waals surface area contributed by atoms with Crippen molar-refractivity contribution in [3.8, 4) is 5.75 Å². The van der Waals surface area contributed by atoms with Crippen LogP contribution in [0.5, 0.6) is 5.75 Å². The molecule has 1 saturated heterocycles. The van der Waals surface area contributed by atoms with Gasteiger partial charge in [0.05, 0.1) is 6.20 Å². The molecule has 1 aromatic carbocycles. The van der Waals surface area contributed by atoms with E-state index in [1.165, 1.54) is 12.0 Å². The predicted octanol–water partition coefficient (Wildman–Crippen LogP) is 4.35. The molecule has 9 heteroatoms. The zero-order valence-electron chi connectivity index (χ0n) is 18.1. The summed E-state index contributed by atoms with van der Waals surface area (Å²) in [6.07, 6.45) is 3.70. The third-order valence-corrected chi connectivity index (χ3v) is 5.94. The lowest BCUT2D eigenvalue weighted by atomic mass is 9.82. The third-order valence-electron chi connectivity index (χ3n) is 5.94. The molecule has 1 aromatic heterocycles. The number of alkyl halides is 3. The summed E-state index contributed by atoms with van der Waals surface area (Å²) in [6, 6.07) is 14.4. The van der Waals surface area contributed by atoms with Gasteiger partial charge in [-0.3, -0.25) is 9.78 Å². The van der Waals surface area contributed by atoms with Crippen molar-refractivity contribution < 1.29 is 32.6 Å². The van der Waals surface area contributed by atoms with Crippen LogP contribution in [0, 0.1) is 11.8 Å². The van der Waals surface area contributed by atoms with E-state index in [0.717, 1.165) is 44.5 Å². The quantitative estimate of drug-likeness (QED) is 0.712. The van der Waals surface area contributed by atoms with Crippen LogP contribution in [0.3, 0.4) is 0 Å². The molecule has 1 aliphatic carbocycles. The fourth-order valence-electron chi connectivity index (χ4n) is 3.98. The van der Waals surface area contributed by atoms with Gasteiger partial charge in [0.15, 0.2) is 0 Å². The molecule has 2 fully saturated rings. The van der Waals surface area contributed by atoms with Gasteiger partial charge in [-0.25, -0.2) is 4.79 Å². The number of aliphatic carboxylic acids is 1. The standard InChI is InChI=1S/C22H26N2O2.C2HF3O2/c25-22(18-8-4-9-18)24-13-11-21(26-20-10-5-12-23-15-20)19(16-24)14-17-6-2-1-3-7-17;3-2(4,5)1(6)7/h1-3,5-7,10,12,15,18-19,21H,4,8-9,11,13-14,16H2;(H,6,7)/t19-,21-;/m0./s1. The van der Waals surface area contributed by atoms with E-state index in [1.54, 1.807) is 12.4 Å². The van der Waals surface area contributed by atoms with Gasteiger partial charge in [0, 0.05) is 37.5 Å². The molecular weight excluding hydrogens is 437 g/mol. The molecule has 178 valence electrons. The summed E-state index contributed by atoms with van der Waals surface area (Å²) in [5.41, 5.74) is 1.30. The van der Waals surface area contributed by atoms with E-state index >= 15 is 0 Å². The SMILES string of the molecule is O=C(C1CCC1)N1CC[C@H](Oc2cccnc2)[C@@H](Cc2ccccc2)C1.O=C(O)C(F)(F)F. The number of hydrogen-bond donors (Lipinski definition) is 1. The molecular formula is C24H27F3N2O4. The van der Waals surface area contributed by atoms with Gasteiger partial charge in [0.1, 0.15) is 11.9 Å². The third kappa shape index (κ3) is 7.20. The average molecular weight is 464 g/mol. The van der Waals surface area contributed by atoms with E-state index < -0.39 is 12.1 Å². The number of halogens is 3. The Balaban J connectivity index is 0.000000383. The first-order valence-electron chi connectivity index (χ1n) is 10.9. The van der Waals surface area contributed by atoms with Crippen LogP contribution in [0.1, 0.15) is 31.2 Å². The topological polar surface area (TPSA) is 79.7 Å². The molecule has 2 aromatic rings. The van der Waals surface area contributed by atoms with E-state index in [1.807, 2.05) is 18.2 Å². The maximum absolute atomic E-state index is 12.7. The molecule has 0 bridgehead atoms. The molecule has 1 amide bonds. The highest BCUT2D eigenvalue weighted by Gasteiger charge is 2.38. The summed E-state index contributed by atoms with van der Waals surface area (Å²) >= 11 is 0. The van der Waals surface area contributed by atoms with Gasteiger partial charge < -0.3 is 14.7 Å². The summed E-state index contributed by atoms with van der Waals surface area (Å²) in [6.45, 7) is 1.58. The number of likely N-dealkylation sites (tertiary alicyclic amines) is 1. The Morgan fingerprint density at radius 1 is 1.09 bits per heavy atom. The molecule has 2 heterocycles.